The number of amides is 3. The average molecular weight is 650 g/mol. The number of hydrogen-bond acceptors (Lipinski definition) is 7. The van der Waals surface area contributed by atoms with Crippen molar-refractivity contribution >= 4 is 35.0 Å². The highest BCUT2D eigenvalue weighted by Gasteiger charge is 2.22. The van der Waals surface area contributed by atoms with Crippen LogP contribution in [0.5, 0.6) is 11.5 Å². The van der Waals surface area contributed by atoms with Crippen molar-refractivity contribution in [2.75, 3.05) is 18.5 Å². The Morgan fingerprint density at radius 2 is 1.53 bits per heavy atom. The lowest BCUT2D eigenvalue weighted by atomic mass is 10.1. The van der Waals surface area contributed by atoms with Crippen LogP contribution < -0.4 is 10.2 Å². The van der Waals surface area contributed by atoms with Crippen LogP contribution in [0.4, 0.5) is 5.69 Å². The molecule has 0 bridgehead atoms. The van der Waals surface area contributed by atoms with E-state index >= 15 is 0 Å². The van der Waals surface area contributed by atoms with Crippen LogP contribution in [0.2, 0.25) is 5.28 Å². The van der Waals surface area contributed by atoms with Gasteiger partial charge in [0.2, 0.25) is 11.2 Å². The molecule has 0 atom stereocenters. The number of aryl methyl sites for hydroxylation is 1. The number of aromatic hydroxyl groups is 2. The van der Waals surface area contributed by atoms with Gasteiger partial charge in [-0.25, -0.2) is 9.97 Å². The van der Waals surface area contributed by atoms with Crippen LogP contribution in [0.25, 0.3) is 11.3 Å². The normalized spacial score (nSPS) is 10.7. The summed E-state index contributed by atoms with van der Waals surface area (Å²) in [5.74, 6) is -1.51. The van der Waals surface area contributed by atoms with Crippen LogP contribution in [0, 0.1) is 6.92 Å². The van der Waals surface area contributed by atoms with Crippen LogP contribution >= 0.6 is 11.6 Å². The van der Waals surface area contributed by atoms with Crippen LogP contribution in [0.15, 0.2) is 103 Å². The number of aromatic nitrogens is 2. The summed E-state index contributed by atoms with van der Waals surface area (Å²) >= 11 is 6.02. The van der Waals surface area contributed by atoms with Crippen molar-refractivity contribution in [3.05, 3.63) is 136 Å². The molecular weight excluding hydrogens is 618 g/mol. The number of rotatable bonds is 10. The molecule has 3 amide bonds. The predicted octanol–water partition coefficient (Wildman–Crippen LogP) is 5.75. The summed E-state index contributed by atoms with van der Waals surface area (Å²) in [4.78, 5) is 50.1. The van der Waals surface area contributed by atoms with E-state index in [-0.39, 0.29) is 53.8 Å². The summed E-state index contributed by atoms with van der Waals surface area (Å²) in [6.07, 6.45) is 1.64. The molecule has 238 valence electrons. The minimum atomic E-state index is -0.470. The summed E-state index contributed by atoms with van der Waals surface area (Å²) in [6, 6.07) is 27.2. The Bertz CT molecular complexity index is 1900. The molecule has 5 aromatic rings. The Kier molecular flexibility index (Phi) is 10.1. The number of benzene rings is 4. The van der Waals surface area contributed by atoms with Gasteiger partial charge in [-0.3, -0.25) is 14.4 Å². The molecule has 0 unspecified atom stereocenters. The van der Waals surface area contributed by atoms with Gasteiger partial charge >= 0.3 is 0 Å². The minimum absolute atomic E-state index is 0.0281. The first-order valence-corrected chi connectivity index (χ1v) is 15.1. The second-order valence-electron chi connectivity index (χ2n) is 10.9. The zero-order chi connectivity index (χ0) is 33.5. The molecule has 0 saturated heterocycles. The van der Waals surface area contributed by atoms with Crippen LogP contribution in [-0.2, 0) is 17.9 Å². The lowest BCUT2D eigenvalue weighted by molar-refractivity contribution is -0.121. The second-order valence-corrected chi connectivity index (χ2v) is 11.3. The molecule has 5 rings (SSSR count). The third-order valence-electron chi connectivity index (χ3n) is 7.45. The minimum Gasteiger partial charge on any atom is -0.508 e. The van der Waals surface area contributed by atoms with E-state index in [9.17, 15) is 24.6 Å². The van der Waals surface area contributed by atoms with Crippen molar-refractivity contribution in [3.63, 3.8) is 0 Å². The third kappa shape index (κ3) is 8.11. The number of phenols is 2. The number of halogens is 1. The van der Waals surface area contributed by atoms with E-state index < -0.39 is 5.91 Å². The van der Waals surface area contributed by atoms with Crippen molar-refractivity contribution in [2.24, 2.45) is 0 Å². The molecule has 0 saturated carbocycles. The monoisotopic (exact) mass is 649 g/mol. The fourth-order valence-corrected chi connectivity index (χ4v) is 5.06. The summed E-state index contributed by atoms with van der Waals surface area (Å²) in [7, 11) is 1.58. The summed E-state index contributed by atoms with van der Waals surface area (Å²) in [5, 5.41) is 23.2. The standard InChI is InChI=1S/C36H32ClN5O5/c1-23-19-39-36(37)40-33(23)26-12-14-28(15-13-26)42(35(47)30-17-16-29(43)18-31(30)44)21-25-10-8-24(9-11-25)20-38-32(45)22-41(2)34(46)27-6-4-3-5-7-27/h3-19,43-44H,20-22H2,1-2H3,(H,38,45). The molecule has 0 aliphatic rings. The first kappa shape index (κ1) is 32.6. The number of carbonyl (C=O) groups excluding carboxylic acids is 3. The lowest BCUT2D eigenvalue weighted by Gasteiger charge is -2.24. The van der Waals surface area contributed by atoms with E-state index in [1.165, 1.54) is 21.9 Å². The molecule has 0 aliphatic carbocycles. The molecule has 0 fully saturated rings. The summed E-state index contributed by atoms with van der Waals surface area (Å²) < 4.78 is 0. The van der Waals surface area contributed by atoms with Gasteiger partial charge < -0.3 is 25.3 Å². The lowest BCUT2D eigenvalue weighted by Crippen LogP contribution is -2.38. The van der Waals surface area contributed by atoms with Gasteiger partial charge in [0.25, 0.3) is 11.8 Å². The third-order valence-corrected chi connectivity index (χ3v) is 7.64. The average Bonchev–Trinajstić information content (AvgIpc) is 3.07. The SMILES string of the molecule is Cc1cnc(Cl)nc1-c1ccc(N(Cc2ccc(CNC(=O)CN(C)C(=O)c3ccccc3)cc2)C(=O)c2ccc(O)cc2O)cc1. The number of anilines is 1. The maximum absolute atomic E-state index is 13.8. The molecule has 11 heteroatoms. The van der Waals surface area contributed by atoms with E-state index in [1.54, 1.807) is 49.6 Å². The Balaban J connectivity index is 1.30. The molecule has 10 nitrogen and oxygen atoms in total. The molecule has 4 aromatic carbocycles. The highest BCUT2D eigenvalue weighted by molar-refractivity contribution is 6.28. The zero-order valence-electron chi connectivity index (χ0n) is 25.7. The summed E-state index contributed by atoms with van der Waals surface area (Å²) in [5.41, 5.74) is 5.02. The Hall–Kier alpha value is -5.74. The Morgan fingerprint density at radius 1 is 0.851 bits per heavy atom. The molecule has 1 heterocycles. The van der Waals surface area contributed by atoms with Gasteiger partial charge in [0, 0.05) is 42.7 Å². The zero-order valence-corrected chi connectivity index (χ0v) is 26.5. The Labute approximate surface area is 276 Å². The van der Waals surface area contributed by atoms with E-state index in [2.05, 4.69) is 15.3 Å². The van der Waals surface area contributed by atoms with Crippen molar-refractivity contribution in [1.82, 2.24) is 20.2 Å². The number of hydrogen-bond donors (Lipinski definition) is 3. The molecule has 0 spiro atoms. The number of likely N-dealkylation sites (N-methyl/N-ethyl adjacent to an activating group) is 1. The van der Waals surface area contributed by atoms with Gasteiger partial charge in [0.1, 0.15) is 11.5 Å². The van der Waals surface area contributed by atoms with Gasteiger partial charge in [-0.05, 0) is 71.6 Å². The number of nitrogens with zero attached hydrogens (tertiary/aromatic N) is 4. The fourth-order valence-electron chi connectivity index (χ4n) is 4.93. The van der Waals surface area contributed by atoms with Gasteiger partial charge in [-0.1, -0.05) is 54.6 Å². The quantitative estimate of drug-likeness (QED) is 0.164. The highest BCUT2D eigenvalue weighted by Crippen LogP contribution is 2.30. The molecule has 0 radical (unpaired) electrons. The smallest absolute Gasteiger partial charge is 0.262 e. The van der Waals surface area contributed by atoms with Gasteiger partial charge in [-0.2, -0.15) is 0 Å². The Morgan fingerprint density at radius 3 is 2.21 bits per heavy atom. The van der Waals surface area contributed by atoms with E-state index in [4.69, 9.17) is 11.6 Å². The first-order chi connectivity index (χ1) is 22.6. The predicted molar refractivity (Wildman–Crippen MR) is 179 cm³/mol. The van der Waals surface area contributed by atoms with Gasteiger partial charge in [-0.15, -0.1) is 0 Å². The first-order valence-electron chi connectivity index (χ1n) is 14.7. The molecular formula is C36H32ClN5O5. The molecule has 47 heavy (non-hydrogen) atoms. The summed E-state index contributed by atoms with van der Waals surface area (Å²) in [6.45, 7) is 2.21. The van der Waals surface area contributed by atoms with E-state index in [0.29, 0.717) is 16.9 Å². The van der Waals surface area contributed by atoms with Gasteiger partial charge in [0.05, 0.1) is 24.3 Å². The highest BCUT2D eigenvalue weighted by atomic mass is 35.5. The maximum Gasteiger partial charge on any atom is 0.262 e. The second kappa shape index (κ2) is 14.6. The van der Waals surface area contributed by atoms with Crippen LogP contribution in [0.1, 0.15) is 37.4 Å². The number of nitrogens with one attached hydrogen (secondary N) is 1. The molecule has 1 aromatic heterocycles. The van der Waals surface area contributed by atoms with E-state index in [0.717, 1.165) is 28.3 Å². The van der Waals surface area contributed by atoms with Gasteiger partial charge in [0.15, 0.2) is 0 Å². The van der Waals surface area contributed by atoms with Crippen LogP contribution in [-0.4, -0.2) is 56.4 Å². The largest absolute Gasteiger partial charge is 0.508 e. The number of carbonyl (C=O) groups is 3. The van der Waals surface area contributed by atoms with Crippen molar-refractivity contribution in [2.45, 2.75) is 20.0 Å². The van der Waals surface area contributed by atoms with Crippen molar-refractivity contribution in [3.8, 4) is 22.8 Å². The van der Waals surface area contributed by atoms with E-state index in [1.807, 2.05) is 49.4 Å². The van der Waals surface area contributed by atoms with Crippen molar-refractivity contribution < 1.29 is 24.6 Å². The topological polar surface area (TPSA) is 136 Å². The number of phenolic OH excluding ortho intramolecular Hbond substituents is 2. The van der Waals surface area contributed by atoms with Crippen LogP contribution in [0.3, 0.4) is 0 Å². The maximum atomic E-state index is 13.8. The molecule has 3 N–H and O–H groups in total. The van der Waals surface area contributed by atoms with Crippen molar-refractivity contribution in [1.29, 1.82) is 0 Å². The fraction of sp³-hybridized carbons (Fsp3) is 0.139. The molecule has 0 aliphatic heterocycles.